The molecule has 0 spiro atoms. The van der Waals surface area contributed by atoms with E-state index < -0.39 is 30.1 Å². The fourth-order valence-electron chi connectivity index (χ4n) is 1.55. The van der Waals surface area contributed by atoms with Gasteiger partial charge in [0, 0.05) is 6.20 Å². The summed E-state index contributed by atoms with van der Waals surface area (Å²) in [7, 11) is 0. The molecule has 0 atom stereocenters. The van der Waals surface area contributed by atoms with Crippen LogP contribution in [0, 0.1) is 5.82 Å². The Hall–Kier alpha value is -2.71. The SMILES string of the molecule is O=C(Cn1ccc(C(F)(F)F)n1)N/N=C\c1cccc(F)c1. The van der Waals surface area contributed by atoms with Crippen molar-refractivity contribution in [3.05, 3.63) is 53.6 Å². The van der Waals surface area contributed by atoms with Gasteiger partial charge in [-0.25, -0.2) is 9.82 Å². The minimum Gasteiger partial charge on any atom is -0.271 e. The number of carbonyl (C=O) groups is 1. The van der Waals surface area contributed by atoms with Gasteiger partial charge >= 0.3 is 6.18 Å². The van der Waals surface area contributed by atoms with Crippen molar-refractivity contribution in [3.8, 4) is 0 Å². The van der Waals surface area contributed by atoms with E-state index in [0.717, 1.165) is 16.9 Å². The van der Waals surface area contributed by atoms with E-state index in [0.29, 0.717) is 5.56 Å². The monoisotopic (exact) mass is 314 g/mol. The van der Waals surface area contributed by atoms with Crippen LogP contribution >= 0.6 is 0 Å². The Balaban J connectivity index is 1.89. The lowest BCUT2D eigenvalue weighted by Crippen LogP contribution is -2.23. The highest BCUT2D eigenvalue weighted by molar-refractivity contribution is 5.82. The first kappa shape index (κ1) is 15.7. The van der Waals surface area contributed by atoms with Gasteiger partial charge in [-0.05, 0) is 23.8 Å². The number of hydrogen-bond donors (Lipinski definition) is 1. The third kappa shape index (κ3) is 4.40. The molecule has 22 heavy (non-hydrogen) atoms. The summed E-state index contributed by atoms with van der Waals surface area (Å²) in [6, 6.07) is 6.27. The van der Waals surface area contributed by atoms with Gasteiger partial charge in [0.15, 0.2) is 5.69 Å². The van der Waals surface area contributed by atoms with Gasteiger partial charge < -0.3 is 0 Å². The number of nitrogens with one attached hydrogen (secondary N) is 1. The average Bonchev–Trinajstić information content (AvgIpc) is 2.87. The molecular weight excluding hydrogens is 304 g/mol. The maximum atomic E-state index is 12.9. The average molecular weight is 314 g/mol. The van der Waals surface area contributed by atoms with E-state index >= 15 is 0 Å². The normalized spacial score (nSPS) is 11.8. The predicted molar refractivity (Wildman–Crippen MR) is 69.4 cm³/mol. The lowest BCUT2D eigenvalue weighted by atomic mass is 10.2. The van der Waals surface area contributed by atoms with Crippen molar-refractivity contribution in [2.45, 2.75) is 12.7 Å². The number of alkyl halides is 3. The lowest BCUT2D eigenvalue weighted by Gasteiger charge is -2.02. The molecule has 2 rings (SSSR count). The quantitative estimate of drug-likeness (QED) is 0.534. The van der Waals surface area contributed by atoms with E-state index in [9.17, 15) is 22.4 Å². The fourth-order valence-corrected chi connectivity index (χ4v) is 1.55. The minimum atomic E-state index is -4.56. The molecule has 2 aromatic rings. The van der Waals surface area contributed by atoms with Crippen molar-refractivity contribution in [2.75, 3.05) is 0 Å². The van der Waals surface area contributed by atoms with Gasteiger partial charge in [0.25, 0.3) is 5.91 Å². The van der Waals surface area contributed by atoms with Gasteiger partial charge in [0.05, 0.1) is 6.21 Å². The fraction of sp³-hybridized carbons (Fsp3) is 0.154. The van der Waals surface area contributed by atoms with Crippen LogP contribution in [0.1, 0.15) is 11.3 Å². The number of carbonyl (C=O) groups excluding carboxylic acids is 1. The largest absolute Gasteiger partial charge is 0.435 e. The molecule has 0 radical (unpaired) electrons. The first-order chi connectivity index (χ1) is 10.3. The van der Waals surface area contributed by atoms with Crippen molar-refractivity contribution in [3.63, 3.8) is 0 Å². The van der Waals surface area contributed by atoms with Gasteiger partial charge in [0.2, 0.25) is 0 Å². The Morgan fingerprint density at radius 1 is 1.36 bits per heavy atom. The lowest BCUT2D eigenvalue weighted by molar-refractivity contribution is -0.141. The summed E-state index contributed by atoms with van der Waals surface area (Å²) in [6.07, 6.45) is -2.30. The Labute approximate surface area is 122 Å². The second-order valence-corrected chi connectivity index (χ2v) is 4.24. The minimum absolute atomic E-state index is 0.420. The van der Waals surface area contributed by atoms with Gasteiger partial charge in [-0.15, -0.1) is 0 Å². The Morgan fingerprint density at radius 2 is 2.14 bits per heavy atom. The van der Waals surface area contributed by atoms with Crippen molar-refractivity contribution in [1.29, 1.82) is 0 Å². The molecule has 9 heteroatoms. The number of hydrazone groups is 1. The van der Waals surface area contributed by atoms with E-state index in [-0.39, 0.29) is 0 Å². The molecule has 0 fully saturated rings. The van der Waals surface area contributed by atoms with Crippen LogP contribution in [-0.2, 0) is 17.5 Å². The molecule has 1 heterocycles. The molecular formula is C13H10F4N4O. The first-order valence-electron chi connectivity index (χ1n) is 6.03. The number of benzene rings is 1. The standard InChI is InChI=1S/C13H10F4N4O/c14-10-3-1-2-9(6-10)7-18-19-12(22)8-21-5-4-11(20-21)13(15,16)17/h1-7H,8H2,(H,19,22)/b18-7-. The van der Waals surface area contributed by atoms with E-state index in [2.05, 4.69) is 15.6 Å². The van der Waals surface area contributed by atoms with Gasteiger partial charge in [-0.3, -0.25) is 9.48 Å². The summed E-state index contributed by atoms with van der Waals surface area (Å²) < 4.78 is 50.7. The van der Waals surface area contributed by atoms with Crippen molar-refractivity contribution in [1.82, 2.24) is 15.2 Å². The van der Waals surface area contributed by atoms with E-state index in [1.54, 1.807) is 6.07 Å². The molecule has 0 aliphatic carbocycles. The Morgan fingerprint density at radius 3 is 2.77 bits per heavy atom. The summed E-state index contributed by atoms with van der Waals surface area (Å²) in [5.74, 6) is -1.11. The number of hydrogen-bond acceptors (Lipinski definition) is 3. The highest BCUT2D eigenvalue weighted by Crippen LogP contribution is 2.27. The van der Waals surface area contributed by atoms with Gasteiger partial charge in [-0.2, -0.15) is 23.4 Å². The second-order valence-electron chi connectivity index (χ2n) is 4.24. The van der Waals surface area contributed by atoms with Gasteiger partial charge in [-0.1, -0.05) is 12.1 Å². The van der Waals surface area contributed by atoms with Crippen molar-refractivity contribution in [2.24, 2.45) is 5.10 Å². The Kier molecular flexibility index (Phi) is 4.54. The van der Waals surface area contributed by atoms with Gasteiger partial charge in [0.1, 0.15) is 12.4 Å². The number of halogens is 4. The third-order valence-corrected chi connectivity index (χ3v) is 2.49. The molecule has 0 bridgehead atoms. The van der Waals surface area contributed by atoms with Crippen LogP contribution in [0.15, 0.2) is 41.6 Å². The van der Waals surface area contributed by atoms with E-state index in [1.165, 1.54) is 24.4 Å². The van der Waals surface area contributed by atoms with Crippen LogP contribution < -0.4 is 5.43 Å². The zero-order chi connectivity index (χ0) is 16.2. The summed E-state index contributed by atoms with van der Waals surface area (Å²) in [5.41, 5.74) is 1.46. The molecule has 1 aromatic heterocycles. The summed E-state index contributed by atoms with van der Waals surface area (Å²) in [4.78, 5) is 11.5. The van der Waals surface area contributed by atoms with Crippen LogP contribution in [0.25, 0.3) is 0 Å². The van der Waals surface area contributed by atoms with Crippen LogP contribution in [0.2, 0.25) is 0 Å². The molecule has 1 aromatic carbocycles. The zero-order valence-electron chi connectivity index (χ0n) is 11.0. The van der Waals surface area contributed by atoms with Crippen LogP contribution in [0.5, 0.6) is 0 Å². The topological polar surface area (TPSA) is 59.3 Å². The number of amides is 1. The summed E-state index contributed by atoms with van der Waals surface area (Å²) in [6.45, 7) is -0.420. The maximum Gasteiger partial charge on any atom is 0.435 e. The second kappa shape index (κ2) is 6.37. The molecule has 1 N–H and O–H groups in total. The van der Waals surface area contributed by atoms with Crippen LogP contribution in [0.3, 0.4) is 0 Å². The highest BCUT2D eigenvalue weighted by Gasteiger charge is 2.33. The molecule has 0 unspecified atom stereocenters. The van der Waals surface area contributed by atoms with E-state index in [4.69, 9.17) is 0 Å². The molecule has 0 aliphatic heterocycles. The first-order valence-corrected chi connectivity index (χ1v) is 6.03. The molecule has 1 amide bonds. The van der Waals surface area contributed by atoms with E-state index in [1.807, 2.05) is 0 Å². The van der Waals surface area contributed by atoms with Crippen LogP contribution in [0.4, 0.5) is 17.6 Å². The van der Waals surface area contributed by atoms with Crippen molar-refractivity contribution >= 4 is 12.1 Å². The number of nitrogens with zero attached hydrogens (tertiary/aromatic N) is 3. The zero-order valence-corrected chi connectivity index (χ0v) is 11.0. The predicted octanol–water partition coefficient (Wildman–Crippen LogP) is 2.19. The molecule has 116 valence electrons. The molecule has 0 aliphatic rings. The number of rotatable bonds is 4. The number of aromatic nitrogens is 2. The highest BCUT2D eigenvalue weighted by atomic mass is 19.4. The van der Waals surface area contributed by atoms with Crippen molar-refractivity contribution < 1.29 is 22.4 Å². The summed E-state index contributed by atoms with van der Waals surface area (Å²) >= 11 is 0. The maximum absolute atomic E-state index is 12.9. The molecule has 5 nitrogen and oxygen atoms in total. The van der Waals surface area contributed by atoms with Crippen LogP contribution in [-0.4, -0.2) is 21.9 Å². The Bertz CT molecular complexity index is 693. The smallest absolute Gasteiger partial charge is 0.271 e. The third-order valence-electron chi connectivity index (χ3n) is 2.49. The molecule has 0 saturated carbocycles. The molecule has 0 saturated heterocycles. The summed E-state index contributed by atoms with van der Waals surface area (Å²) in [5, 5.41) is 6.81.